The van der Waals surface area contributed by atoms with Crippen molar-refractivity contribution in [2.24, 2.45) is 0 Å². The summed E-state index contributed by atoms with van der Waals surface area (Å²) in [5, 5.41) is 12.3. The molecule has 35 heavy (non-hydrogen) atoms. The number of nitrogens with zero attached hydrogens (tertiary/aromatic N) is 2. The van der Waals surface area contributed by atoms with Gasteiger partial charge in [0.15, 0.2) is 0 Å². The Morgan fingerprint density at radius 1 is 1.14 bits per heavy atom. The first-order valence-electron chi connectivity index (χ1n) is 11.6. The summed E-state index contributed by atoms with van der Waals surface area (Å²) >= 11 is 0. The predicted octanol–water partition coefficient (Wildman–Crippen LogP) is 4.51. The van der Waals surface area contributed by atoms with Crippen LogP contribution in [-0.4, -0.2) is 37.8 Å². The molecule has 2 aromatic heterocycles. The number of rotatable bonds is 4. The molecule has 1 saturated heterocycles. The van der Waals surface area contributed by atoms with Gasteiger partial charge in [-0.2, -0.15) is 0 Å². The zero-order chi connectivity index (χ0) is 24.1. The lowest BCUT2D eigenvalue weighted by Crippen LogP contribution is -2.29. The number of amides is 1. The number of nitrogens with one attached hydrogen (secondary N) is 1. The second-order valence-corrected chi connectivity index (χ2v) is 8.99. The number of aliphatic hydroxyl groups is 1. The predicted molar refractivity (Wildman–Crippen MR) is 131 cm³/mol. The normalized spacial score (nSPS) is 20.9. The molecule has 2 N–H and O–H groups in total. The molecule has 4 aromatic rings. The molecule has 0 spiro atoms. The monoisotopic (exact) mass is 465 g/mol. The Balaban J connectivity index is 1.52. The smallest absolute Gasteiger partial charge is 0.296 e. The number of likely N-dealkylation sites (tertiary alicyclic amines) is 1. The number of ketones is 1. The Hall–Kier alpha value is -4.39. The summed E-state index contributed by atoms with van der Waals surface area (Å²) in [6, 6.07) is 17.8. The van der Waals surface area contributed by atoms with Gasteiger partial charge in [0, 0.05) is 40.8 Å². The summed E-state index contributed by atoms with van der Waals surface area (Å²) in [5.74, 6) is -0.785. The molecule has 0 bridgehead atoms. The Morgan fingerprint density at radius 3 is 2.80 bits per heavy atom. The second kappa shape index (κ2) is 8.13. The molecule has 0 aliphatic carbocycles. The molecule has 2 aromatic carbocycles. The largest absolute Gasteiger partial charge is 0.507 e. The first kappa shape index (κ1) is 21.2. The molecule has 174 valence electrons. The number of pyridine rings is 1. The van der Waals surface area contributed by atoms with Crippen molar-refractivity contribution < 1.29 is 19.4 Å². The Labute approximate surface area is 201 Å². The summed E-state index contributed by atoms with van der Waals surface area (Å²) in [7, 11) is 0. The summed E-state index contributed by atoms with van der Waals surface area (Å²) in [6.45, 7) is 2.13. The Bertz CT molecular complexity index is 1510. The van der Waals surface area contributed by atoms with Gasteiger partial charge in [-0.3, -0.25) is 14.6 Å². The van der Waals surface area contributed by atoms with Crippen LogP contribution < -0.4 is 4.74 Å². The second-order valence-electron chi connectivity index (χ2n) is 8.99. The number of hydrogen-bond acceptors (Lipinski definition) is 5. The standard InChI is InChI=1S/C28H23N3O4/c1-16-12-18-13-17(9-10-23(18)35-16)26(32)24-25(21-14-30-22-8-3-2-7-20(21)22)31(28(34)27(24)33)15-19-6-4-5-11-29-19/h2-11,13-14,16,25,30,32H,12,15H2,1H3/b26-24+. The molecule has 7 heteroatoms. The summed E-state index contributed by atoms with van der Waals surface area (Å²) in [5.41, 5.74) is 3.81. The lowest BCUT2D eigenvalue weighted by Gasteiger charge is -2.24. The van der Waals surface area contributed by atoms with Gasteiger partial charge >= 0.3 is 0 Å². The molecule has 0 radical (unpaired) electrons. The molecule has 4 heterocycles. The van der Waals surface area contributed by atoms with Gasteiger partial charge in [-0.05, 0) is 48.9 Å². The van der Waals surface area contributed by atoms with E-state index < -0.39 is 17.7 Å². The quantitative estimate of drug-likeness (QED) is 0.263. The fourth-order valence-corrected chi connectivity index (χ4v) is 5.08. The highest BCUT2D eigenvalue weighted by atomic mass is 16.5. The molecule has 1 fully saturated rings. The third-order valence-corrected chi connectivity index (χ3v) is 6.68. The van der Waals surface area contributed by atoms with Gasteiger partial charge < -0.3 is 19.7 Å². The molecule has 1 amide bonds. The van der Waals surface area contributed by atoms with E-state index in [1.807, 2.05) is 49.4 Å². The van der Waals surface area contributed by atoms with Gasteiger partial charge in [-0.25, -0.2) is 0 Å². The van der Waals surface area contributed by atoms with E-state index in [0.29, 0.717) is 11.3 Å². The summed E-state index contributed by atoms with van der Waals surface area (Å²) < 4.78 is 5.78. The minimum absolute atomic E-state index is 0.0533. The van der Waals surface area contributed by atoms with Crippen molar-refractivity contribution >= 4 is 28.4 Å². The number of fused-ring (bicyclic) bond motifs is 2. The zero-order valence-electron chi connectivity index (χ0n) is 19.1. The molecule has 2 unspecified atom stereocenters. The number of H-pyrrole nitrogens is 1. The van der Waals surface area contributed by atoms with E-state index in [1.54, 1.807) is 30.6 Å². The maximum Gasteiger partial charge on any atom is 0.296 e. The van der Waals surface area contributed by atoms with E-state index in [1.165, 1.54) is 4.90 Å². The highest BCUT2D eigenvalue weighted by Crippen LogP contribution is 2.43. The Morgan fingerprint density at radius 2 is 1.97 bits per heavy atom. The van der Waals surface area contributed by atoms with Gasteiger partial charge in [0.1, 0.15) is 17.6 Å². The summed E-state index contributed by atoms with van der Waals surface area (Å²) in [4.78, 5) is 35.8. The average molecular weight is 466 g/mol. The molecule has 6 rings (SSSR count). The van der Waals surface area contributed by atoms with Crippen LogP contribution in [0.5, 0.6) is 5.75 Å². The van der Waals surface area contributed by atoms with Crippen LogP contribution in [-0.2, 0) is 22.6 Å². The van der Waals surface area contributed by atoms with Crippen LogP contribution in [0, 0.1) is 0 Å². The number of ether oxygens (including phenoxy) is 1. The van der Waals surface area contributed by atoms with Gasteiger partial charge in [0.05, 0.1) is 23.9 Å². The number of aromatic nitrogens is 2. The summed E-state index contributed by atoms with van der Waals surface area (Å²) in [6.07, 6.45) is 4.23. The fraction of sp³-hybridized carbons (Fsp3) is 0.179. The molecule has 2 aliphatic rings. The lowest BCUT2D eigenvalue weighted by molar-refractivity contribution is -0.140. The van der Waals surface area contributed by atoms with Crippen LogP contribution in [0.15, 0.2) is 78.6 Å². The van der Waals surface area contributed by atoms with Gasteiger partial charge in [0.25, 0.3) is 11.7 Å². The van der Waals surface area contributed by atoms with Gasteiger partial charge in [-0.15, -0.1) is 0 Å². The highest BCUT2D eigenvalue weighted by molar-refractivity contribution is 6.46. The number of para-hydroxylation sites is 1. The number of Topliss-reactive ketones (excluding diaryl/α,β-unsaturated/α-hetero) is 1. The molecule has 0 saturated carbocycles. The van der Waals surface area contributed by atoms with E-state index in [4.69, 9.17) is 4.74 Å². The molecular weight excluding hydrogens is 442 g/mol. The van der Waals surface area contributed by atoms with Crippen LogP contribution in [0.3, 0.4) is 0 Å². The first-order valence-corrected chi connectivity index (χ1v) is 11.6. The van der Waals surface area contributed by atoms with E-state index >= 15 is 0 Å². The molecule has 7 nitrogen and oxygen atoms in total. The van der Waals surface area contributed by atoms with E-state index in [0.717, 1.165) is 34.2 Å². The van der Waals surface area contributed by atoms with E-state index in [2.05, 4.69) is 9.97 Å². The highest BCUT2D eigenvalue weighted by Gasteiger charge is 2.47. The zero-order valence-corrected chi connectivity index (χ0v) is 19.1. The van der Waals surface area contributed by atoms with E-state index in [9.17, 15) is 14.7 Å². The third-order valence-electron chi connectivity index (χ3n) is 6.68. The fourth-order valence-electron chi connectivity index (χ4n) is 5.08. The van der Waals surface area contributed by atoms with Crippen LogP contribution in [0.4, 0.5) is 0 Å². The number of benzene rings is 2. The minimum Gasteiger partial charge on any atom is -0.507 e. The van der Waals surface area contributed by atoms with Crippen LogP contribution >= 0.6 is 0 Å². The third kappa shape index (κ3) is 3.47. The van der Waals surface area contributed by atoms with Crippen molar-refractivity contribution in [2.45, 2.75) is 32.0 Å². The number of hydrogen-bond donors (Lipinski definition) is 2. The van der Waals surface area contributed by atoms with Crippen molar-refractivity contribution in [3.63, 3.8) is 0 Å². The number of carbonyl (C=O) groups excluding carboxylic acids is 2. The Kier molecular flexibility index (Phi) is 4.91. The molecule has 2 atom stereocenters. The van der Waals surface area contributed by atoms with Gasteiger partial charge in [-0.1, -0.05) is 24.3 Å². The van der Waals surface area contributed by atoms with Gasteiger partial charge in [0.2, 0.25) is 0 Å². The number of carbonyl (C=O) groups is 2. The molecular formula is C28H23N3O4. The first-order chi connectivity index (χ1) is 17.0. The lowest BCUT2D eigenvalue weighted by atomic mass is 9.94. The minimum atomic E-state index is -0.767. The van der Waals surface area contributed by atoms with Crippen LogP contribution in [0.1, 0.15) is 35.3 Å². The van der Waals surface area contributed by atoms with Crippen LogP contribution in [0.2, 0.25) is 0 Å². The number of aliphatic hydroxyl groups excluding tert-OH is 1. The maximum atomic E-state index is 13.4. The molecule has 2 aliphatic heterocycles. The SMILES string of the molecule is CC1Cc2cc(/C(O)=C3\C(=O)C(=O)N(Cc4ccccn4)C3c3c[nH]c4ccccc34)ccc2O1. The topological polar surface area (TPSA) is 95.5 Å². The van der Waals surface area contributed by atoms with Crippen molar-refractivity contribution in [1.29, 1.82) is 0 Å². The average Bonchev–Trinajstić information content (AvgIpc) is 3.53. The van der Waals surface area contributed by atoms with Crippen LogP contribution in [0.25, 0.3) is 16.7 Å². The van der Waals surface area contributed by atoms with Crippen molar-refractivity contribution in [3.05, 3.63) is 101 Å². The van der Waals surface area contributed by atoms with Crippen molar-refractivity contribution in [1.82, 2.24) is 14.9 Å². The van der Waals surface area contributed by atoms with E-state index in [-0.39, 0.29) is 24.0 Å². The van der Waals surface area contributed by atoms with Crippen molar-refractivity contribution in [3.8, 4) is 5.75 Å². The number of aromatic amines is 1. The maximum absolute atomic E-state index is 13.4. The van der Waals surface area contributed by atoms with Crippen molar-refractivity contribution in [2.75, 3.05) is 0 Å².